The monoisotopic (exact) mass is 433 g/mol. The lowest BCUT2D eigenvalue weighted by molar-refractivity contribution is 0.190. The fourth-order valence-corrected chi connectivity index (χ4v) is 4.38. The minimum atomic E-state index is -4.09. The molecule has 2 aromatic rings. The summed E-state index contributed by atoms with van der Waals surface area (Å²) in [6.07, 6.45) is 0. The van der Waals surface area contributed by atoms with Gasteiger partial charge in [0, 0.05) is 19.6 Å². The first-order valence-corrected chi connectivity index (χ1v) is 10.3. The highest BCUT2D eigenvalue weighted by Gasteiger charge is 2.32. The standard InChI is InChI=1S/C17H24FN5O3S.ClH/c1-11(2)15(22-27(24,25)14-7-5-4-6-12(14)18)17-20-16(21-26-17)13-10-19-8-9-23(13)3;/h4-7,11,13,15,19,22H,8-10H2,1-3H3;1H. The number of nitrogens with one attached hydrogen (secondary N) is 2. The molecule has 8 nitrogen and oxygen atoms in total. The summed E-state index contributed by atoms with van der Waals surface area (Å²) in [7, 11) is -2.11. The van der Waals surface area contributed by atoms with E-state index in [1.807, 2.05) is 20.9 Å². The third kappa shape index (κ3) is 4.87. The molecule has 0 bridgehead atoms. The Labute approximate surface area is 170 Å². The maximum atomic E-state index is 13.9. The lowest BCUT2D eigenvalue weighted by Gasteiger charge is -2.30. The lowest BCUT2D eigenvalue weighted by Crippen LogP contribution is -2.44. The van der Waals surface area contributed by atoms with Crippen molar-refractivity contribution in [3.8, 4) is 0 Å². The van der Waals surface area contributed by atoms with Crippen molar-refractivity contribution in [1.82, 2.24) is 25.1 Å². The van der Waals surface area contributed by atoms with Crippen LogP contribution in [0.3, 0.4) is 0 Å². The van der Waals surface area contributed by atoms with E-state index in [1.54, 1.807) is 0 Å². The van der Waals surface area contributed by atoms with Gasteiger partial charge in [-0.15, -0.1) is 12.4 Å². The third-order valence-electron chi connectivity index (χ3n) is 4.61. The maximum Gasteiger partial charge on any atom is 0.245 e. The molecule has 1 aliphatic heterocycles. The summed E-state index contributed by atoms with van der Waals surface area (Å²) in [5.41, 5.74) is 0. The Morgan fingerprint density at radius 3 is 2.71 bits per heavy atom. The number of sulfonamides is 1. The molecular formula is C17H25ClFN5O3S. The molecule has 1 aromatic heterocycles. The van der Waals surface area contributed by atoms with Gasteiger partial charge in [-0.3, -0.25) is 4.90 Å². The summed E-state index contributed by atoms with van der Waals surface area (Å²) in [5.74, 6) is -0.329. The third-order valence-corrected chi connectivity index (χ3v) is 6.08. The predicted octanol–water partition coefficient (Wildman–Crippen LogP) is 1.88. The summed E-state index contributed by atoms with van der Waals surface area (Å²) in [6.45, 7) is 6.07. The van der Waals surface area contributed by atoms with Crippen LogP contribution in [0.4, 0.5) is 4.39 Å². The summed E-state index contributed by atoms with van der Waals surface area (Å²) < 4.78 is 47.1. The molecule has 2 atom stereocenters. The summed E-state index contributed by atoms with van der Waals surface area (Å²) in [6, 6.07) is 4.42. The van der Waals surface area contributed by atoms with Crippen molar-refractivity contribution in [3.63, 3.8) is 0 Å². The average molecular weight is 434 g/mol. The second-order valence-corrected chi connectivity index (χ2v) is 8.65. The molecule has 28 heavy (non-hydrogen) atoms. The molecule has 2 N–H and O–H groups in total. The molecule has 0 aliphatic carbocycles. The largest absolute Gasteiger partial charge is 0.337 e. The van der Waals surface area contributed by atoms with Crippen LogP contribution in [0.15, 0.2) is 33.7 Å². The molecule has 0 saturated carbocycles. The minimum Gasteiger partial charge on any atom is -0.337 e. The molecule has 0 radical (unpaired) electrons. The zero-order valence-electron chi connectivity index (χ0n) is 15.9. The van der Waals surface area contributed by atoms with E-state index in [1.165, 1.54) is 18.2 Å². The van der Waals surface area contributed by atoms with E-state index in [0.717, 1.165) is 19.2 Å². The van der Waals surface area contributed by atoms with Crippen LogP contribution in [0.5, 0.6) is 0 Å². The quantitative estimate of drug-likeness (QED) is 0.717. The molecule has 2 unspecified atom stereocenters. The van der Waals surface area contributed by atoms with E-state index in [2.05, 4.69) is 25.1 Å². The fourth-order valence-electron chi connectivity index (χ4n) is 2.97. The molecular weight excluding hydrogens is 409 g/mol. The van der Waals surface area contributed by atoms with Gasteiger partial charge < -0.3 is 9.84 Å². The van der Waals surface area contributed by atoms with Gasteiger partial charge in [0.2, 0.25) is 15.9 Å². The van der Waals surface area contributed by atoms with Crippen LogP contribution >= 0.6 is 12.4 Å². The topological polar surface area (TPSA) is 100 Å². The van der Waals surface area contributed by atoms with Gasteiger partial charge in [0.1, 0.15) is 16.8 Å². The molecule has 3 rings (SSSR count). The molecule has 2 heterocycles. The Morgan fingerprint density at radius 1 is 1.36 bits per heavy atom. The van der Waals surface area contributed by atoms with Crippen LogP contribution in [0.1, 0.15) is 37.6 Å². The van der Waals surface area contributed by atoms with E-state index in [0.29, 0.717) is 12.4 Å². The number of likely N-dealkylation sites (N-methyl/N-ethyl adjacent to an activating group) is 1. The Hall–Kier alpha value is -1.59. The number of piperazine rings is 1. The zero-order valence-corrected chi connectivity index (χ0v) is 17.6. The van der Waals surface area contributed by atoms with E-state index >= 15 is 0 Å². The number of hydrogen-bond donors (Lipinski definition) is 2. The number of benzene rings is 1. The molecule has 0 amide bonds. The average Bonchev–Trinajstić information content (AvgIpc) is 3.09. The first kappa shape index (κ1) is 22.7. The highest BCUT2D eigenvalue weighted by atomic mass is 35.5. The SMILES string of the molecule is CC(C)C(NS(=O)(=O)c1ccccc1F)c1nc(C2CNCCN2C)no1.Cl. The number of rotatable bonds is 6. The Bertz CT molecular complexity index is 892. The highest BCUT2D eigenvalue weighted by molar-refractivity contribution is 7.89. The van der Waals surface area contributed by atoms with Crippen molar-refractivity contribution in [2.75, 3.05) is 26.7 Å². The normalized spacial score (nSPS) is 19.4. The van der Waals surface area contributed by atoms with E-state index < -0.39 is 26.8 Å². The lowest BCUT2D eigenvalue weighted by atomic mass is 10.1. The molecule has 11 heteroatoms. The number of aromatic nitrogens is 2. The number of nitrogens with zero attached hydrogens (tertiary/aromatic N) is 3. The Morgan fingerprint density at radius 2 is 2.07 bits per heavy atom. The van der Waals surface area contributed by atoms with Gasteiger partial charge in [0.25, 0.3) is 0 Å². The summed E-state index contributed by atoms with van der Waals surface area (Å²) in [5, 5.41) is 7.31. The van der Waals surface area contributed by atoms with E-state index in [4.69, 9.17) is 4.52 Å². The Kier molecular flexibility index (Phi) is 7.52. The predicted molar refractivity (Wildman–Crippen MR) is 104 cm³/mol. The molecule has 1 saturated heterocycles. The number of hydrogen-bond acceptors (Lipinski definition) is 7. The van der Waals surface area contributed by atoms with Crippen molar-refractivity contribution >= 4 is 22.4 Å². The number of halogens is 2. The second kappa shape index (κ2) is 9.27. The van der Waals surface area contributed by atoms with Crippen molar-refractivity contribution < 1.29 is 17.3 Å². The van der Waals surface area contributed by atoms with Gasteiger partial charge in [0.05, 0.1) is 6.04 Å². The van der Waals surface area contributed by atoms with Gasteiger partial charge in [-0.05, 0) is 25.1 Å². The van der Waals surface area contributed by atoms with E-state index in [9.17, 15) is 12.8 Å². The van der Waals surface area contributed by atoms with Gasteiger partial charge >= 0.3 is 0 Å². The van der Waals surface area contributed by atoms with Crippen LogP contribution in [0.25, 0.3) is 0 Å². The molecule has 1 fully saturated rings. The van der Waals surface area contributed by atoms with Crippen molar-refractivity contribution in [2.24, 2.45) is 5.92 Å². The van der Waals surface area contributed by atoms with Crippen LogP contribution in [-0.4, -0.2) is 50.1 Å². The molecule has 0 spiro atoms. The summed E-state index contributed by atoms with van der Waals surface area (Å²) in [4.78, 5) is 6.13. The molecule has 1 aliphatic rings. The first-order chi connectivity index (χ1) is 12.8. The van der Waals surface area contributed by atoms with Crippen molar-refractivity contribution in [1.29, 1.82) is 0 Å². The zero-order chi connectivity index (χ0) is 19.6. The van der Waals surface area contributed by atoms with E-state index in [-0.39, 0.29) is 30.3 Å². The maximum absolute atomic E-state index is 13.9. The van der Waals surface area contributed by atoms with Crippen LogP contribution in [-0.2, 0) is 10.0 Å². The summed E-state index contributed by atoms with van der Waals surface area (Å²) >= 11 is 0. The van der Waals surface area contributed by atoms with Crippen molar-refractivity contribution in [2.45, 2.75) is 30.8 Å². The molecule has 156 valence electrons. The van der Waals surface area contributed by atoms with Crippen molar-refractivity contribution in [3.05, 3.63) is 41.8 Å². The first-order valence-electron chi connectivity index (χ1n) is 8.81. The molecule has 1 aromatic carbocycles. The van der Waals surface area contributed by atoms with Crippen LogP contribution < -0.4 is 10.0 Å². The second-order valence-electron chi connectivity index (χ2n) is 6.96. The van der Waals surface area contributed by atoms with Crippen LogP contribution in [0, 0.1) is 11.7 Å². The van der Waals surface area contributed by atoms with Gasteiger partial charge in [-0.2, -0.15) is 9.71 Å². The van der Waals surface area contributed by atoms with Gasteiger partial charge in [0.15, 0.2) is 5.82 Å². The smallest absolute Gasteiger partial charge is 0.245 e. The Balaban J connectivity index is 0.00000280. The minimum absolute atomic E-state index is 0. The van der Waals surface area contributed by atoms with Crippen LogP contribution in [0.2, 0.25) is 0 Å². The van der Waals surface area contributed by atoms with Gasteiger partial charge in [-0.1, -0.05) is 31.1 Å². The highest BCUT2D eigenvalue weighted by Crippen LogP contribution is 2.26. The fraction of sp³-hybridized carbons (Fsp3) is 0.529. The van der Waals surface area contributed by atoms with Gasteiger partial charge in [-0.25, -0.2) is 12.8 Å².